The second kappa shape index (κ2) is 7.27. The summed E-state index contributed by atoms with van der Waals surface area (Å²) in [5, 5.41) is 2.21. The summed E-state index contributed by atoms with van der Waals surface area (Å²) in [6.07, 6.45) is 3.11. The van der Waals surface area contributed by atoms with E-state index in [1.165, 1.54) is 34.0 Å². The van der Waals surface area contributed by atoms with Crippen molar-refractivity contribution in [3.8, 4) is 0 Å². The van der Waals surface area contributed by atoms with E-state index in [-0.39, 0.29) is 16.2 Å². The van der Waals surface area contributed by atoms with Crippen LogP contribution in [0, 0.1) is 0 Å². The summed E-state index contributed by atoms with van der Waals surface area (Å²) in [5.41, 5.74) is 0. The zero-order valence-electron chi connectivity index (χ0n) is 12.4. The van der Waals surface area contributed by atoms with Gasteiger partial charge >= 0.3 is 0 Å². The summed E-state index contributed by atoms with van der Waals surface area (Å²) in [4.78, 5) is 5.03. The number of nitrogens with zero attached hydrogens (tertiary/aromatic N) is 2. The van der Waals surface area contributed by atoms with E-state index in [1.807, 2.05) is 17.5 Å². The highest BCUT2D eigenvalue weighted by molar-refractivity contribution is 7.89. The van der Waals surface area contributed by atoms with Crippen LogP contribution < -0.4 is 0 Å². The smallest absolute Gasteiger partial charge is 0.245 e. The first kappa shape index (κ1) is 16.9. The standard InChI is InChI=1S/C15H17ClN2O3S2/c16-15-6-5-14(9-17-15)23(19,20)18(10-12-3-1-7-21-12)11-13-4-2-8-22-13/h2,4-6,8-9,12H,1,3,7,10-11H2. The number of sulfonamides is 1. The molecule has 8 heteroatoms. The number of ether oxygens (including phenoxy) is 1. The van der Waals surface area contributed by atoms with E-state index in [4.69, 9.17) is 16.3 Å². The van der Waals surface area contributed by atoms with Crippen molar-refractivity contribution in [2.24, 2.45) is 0 Å². The molecule has 1 fully saturated rings. The molecule has 1 atom stereocenters. The predicted molar refractivity (Wildman–Crippen MR) is 90.1 cm³/mol. The second-order valence-electron chi connectivity index (χ2n) is 5.33. The molecular weight excluding hydrogens is 356 g/mol. The number of halogens is 1. The summed E-state index contributed by atoms with van der Waals surface area (Å²) in [5.74, 6) is 0. The van der Waals surface area contributed by atoms with Gasteiger partial charge in [0.05, 0.1) is 6.10 Å². The van der Waals surface area contributed by atoms with Crippen LogP contribution in [0.15, 0.2) is 40.7 Å². The van der Waals surface area contributed by atoms with Crippen molar-refractivity contribution in [1.82, 2.24) is 9.29 Å². The molecule has 1 aliphatic heterocycles. The quantitative estimate of drug-likeness (QED) is 0.731. The number of pyridine rings is 1. The Labute approximate surface area is 144 Å². The van der Waals surface area contributed by atoms with E-state index < -0.39 is 10.0 Å². The lowest BCUT2D eigenvalue weighted by molar-refractivity contribution is 0.0927. The van der Waals surface area contributed by atoms with Crippen LogP contribution >= 0.6 is 22.9 Å². The van der Waals surface area contributed by atoms with Gasteiger partial charge in [-0.25, -0.2) is 13.4 Å². The lowest BCUT2D eigenvalue weighted by atomic mass is 10.2. The molecule has 5 nitrogen and oxygen atoms in total. The summed E-state index contributed by atoms with van der Waals surface area (Å²) < 4.78 is 33.0. The van der Waals surface area contributed by atoms with E-state index in [0.717, 1.165) is 17.7 Å². The summed E-state index contributed by atoms with van der Waals surface area (Å²) in [6, 6.07) is 6.83. The molecule has 0 bridgehead atoms. The highest BCUT2D eigenvalue weighted by atomic mass is 35.5. The van der Waals surface area contributed by atoms with E-state index >= 15 is 0 Å². The largest absolute Gasteiger partial charge is 0.377 e. The Hall–Kier alpha value is -0.990. The molecule has 124 valence electrons. The lowest BCUT2D eigenvalue weighted by Crippen LogP contribution is -2.36. The highest BCUT2D eigenvalue weighted by Crippen LogP contribution is 2.23. The molecule has 1 unspecified atom stereocenters. The molecule has 0 aliphatic carbocycles. The van der Waals surface area contributed by atoms with Gasteiger partial charge in [-0.2, -0.15) is 4.31 Å². The number of hydrogen-bond acceptors (Lipinski definition) is 5. The molecule has 23 heavy (non-hydrogen) atoms. The fraction of sp³-hybridized carbons (Fsp3) is 0.400. The van der Waals surface area contributed by atoms with Crippen molar-refractivity contribution in [2.75, 3.05) is 13.2 Å². The summed E-state index contributed by atoms with van der Waals surface area (Å²) in [7, 11) is -3.64. The van der Waals surface area contributed by atoms with Crippen molar-refractivity contribution in [3.63, 3.8) is 0 Å². The molecule has 0 amide bonds. The normalized spacial score (nSPS) is 18.6. The van der Waals surface area contributed by atoms with Crippen molar-refractivity contribution >= 4 is 33.0 Å². The summed E-state index contributed by atoms with van der Waals surface area (Å²) in [6.45, 7) is 1.38. The van der Waals surface area contributed by atoms with Gasteiger partial charge in [-0.05, 0) is 36.4 Å². The fourth-order valence-electron chi connectivity index (χ4n) is 2.50. The molecule has 0 aromatic carbocycles. The van der Waals surface area contributed by atoms with Crippen molar-refractivity contribution in [2.45, 2.75) is 30.4 Å². The molecule has 1 saturated heterocycles. The first-order valence-electron chi connectivity index (χ1n) is 7.31. The van der Waals surface area contributed by atoms with Crippen LogP contribution in [-0.2, 0) is 21.3 Å². The van der Waals surface area contributed by atoms with Crippen molar-refractivity contribution in [1.29, 1.82) is 0 Å². The molecule has 1 aliphatic rings. The lowest BCUT2D eigenvalue weighted by Gasteiger charge is -2.24. The van der Waals surface area contributed by atoms with Crippen LogP contribution in [0.1, 0.15) is 17.7 Å². The zero-order chi connectivity index (χ0) is 16.3. The van der Waals surface area contributed by atoms with Gasteiger partial charge in [0.15, 0.2) is 0 Å². The minimum Gasteiger partial charge on any atom is -0.377 e. The Balaban J connectivity index is 1.87. The Morgan fingerprint density at radius 3 is 2.87 bits per heavy atom. The van der Waals surface area contributed by atoms with Gasteiger partial charge in [-0.3, -0.25) is 0 Å². The highest BCUT2D eigenvalue weighted by Gasteiger charge is 2.29. The Morgan fingerprint density at radius 2 is 2.26 bits per heavy atom. The first-order valence-corrected chi connectivity index (χ1v) is 10.0. The van der Waals surface area contributed by atoms with Crippen LogP contribution in [0.5, 0.6) is 0 Å². The molecule has 0 radical (unpaired) electrons. The third-order valence-corrected chi connectivity index (χ3v) is 6.56. The molecule has 3 heterocycles. The van der Waals surface area contributed by atoms with Crippen LogP contribution in [0.2, 0.25) is 5.15 Å². The molecule has 2 aromatic heterocycles. The van der Waals surface area contributed by atoms with Gasteiger partial charge in [-0.15, -0.1) is 11.3 Å². The number of hydrogen-bond donors (Lipinski definition) is 0. The average Bonchev–Trinajstić information content (AvgIpc) is 3.20. The van der Waals surface area contributed by atoms with E-state index in [9.17, 15) is 8.42 Å². The van der Waals surface area contributed by atoms with Gasteiger partial charge in [0.25, 0.3) is 0 Å². The minimum absolute atomic E-state index is 0.0509. The number of aromatic nitrogens is 1. The topological polar surface area (TPSA) is 59.5 Å². The minimum atomic E-state index is -3.64. The molecule has 3 rings (SSSR count). The number of thiophene rings is 1. The van der Waals surface area contributed by atoms with Crippen molar-refractivity contribution < 1.29 is 13.2 Å². The van der Waals surface area contributed by atoms with Gasteiger partial charge < -0.3 is 4.74 Å². The second-order valence-corrected chi connectivity index (χ2v) is 8.69. The predicted octanol–water partition coefficient (Wildman–Crippen LogP) is 3.17. The maximum absolute atomic E-state index is 12.9. The Bertz CT molecular complexity index is 727. The van der Waals surface area contributed by atoms with E-state index in [0.29, 0.717) is 19.7 Å². The third kappa shape index (κ3) is 4.10. The fourth-order valence-corrected chi connectivity index (χ4v) is 4.81. The molecule has 2 aromatic rings. The monoisotopic (exact) mass is 372 g/mol. The molecule has 0 N–H and O–H groups in total. The Morgan fingerprint density at radius 1 is 1.39 bits per heavy atom. The zero-order valence-corrected chi connectivity index (χ0v) is 14.8. The maximum atomic E-state index is 12.9. The van der Waals surface area contributed by atoms with Gasteiger partial charge in [0.1, 0.15) is 10.0 Å². The SMILES string of the molecule is O=S(=O)(c1ccc(Cl)nc1)N(Cc1cccs1)CC1CCCO1. The average molecular weight is 373 g/mol. The Kier molecular flexibility index (Phi) is 5.33. The van der Waals surface area contributed by atoms with Crippen molar-refractivity contribution in [3.05, 3.63) is 45.9 Å². The van der Waals surface area contributed by atoms with E-state index in [2.05, 4.69) is 4.98 Å². The van der Waals surface area contributed by atoms with Crippen LogP contribution in [0.25, 0.3) is 0 Å². The molecule has 0 saturated carbocycles. The van der Waals surface area contributed by atoms with E-state index in [1.54, 1.807) is 0 Å². The van der Waals surface area contributed by atoms with Gasteiger partial charge in [0, 0.05) is 30.8 Å². The van der Waals surface area contributed by atoms with Gasteiger partial charge in [0.2, 0.25) is 10.0 Å². The van der Waals surface area contributed by atoms with Crippen LogP contribution in [-0.4, -0.2) is 37.0 Å². The number of rotatable bonds is 6. The maximum Gasteiger partial charge on any atom is 0.245 e. The van der Waals surface area contributed by atoms with Crippen LogP contribution in [0.3, 0.4) is 0 Å². The van der Waals surface area contributed by atoms with Crippen LogP contribution in [0.4, 0.5) is 0 Å². The first-order chi connectivity index (χ1) is 11.1. The molecular formula is C15H17ClN2O3S2. The molecule has 0 spiro atoms. The summed E-state index contributed by atoms with van der Waals surface area (Å²) >= 11 is 7.30. The third-order valence-electron chi connectivity index (χ3n) is 3.68. The van der Waals surface area contributed by atoms with Gasteiger partial charge in [-0.1, -0.05) is 17.7 Å².